The van der Waals surface area contributed by atoms with Crippen molar-refractivity contribution in [3.05, 3.63) is 47.5 Å². The third kappa shape index (κ3) is 4.26. The molecule has 0 heterocycles. The van der Waals surface area contributed by atoms with Crippen molar-refractivity contribution in [3.63, 3.8) is 0 Å². The highest BCUT2D eigenvalue weighted by molar-refractivity contribution is 5.83. The zero-order valence-corrected chi connectivity index (χ0v) is 11.9. The molecule has 2 aromatic rings. The molecule has 2 aromatic carbocycles. The van der Waals surface area contributed by atoms with Gasteiger partial charge in [0, 0.05) is 6.42 Å². The van der Waals surface area contributed by atoms with Gasteiger partial charge in [-0.3, -0.25) is 0 Å². The SMILES string of the molecule is CC#CCC.CCc1ccc2cc(C)ccc2c1. The van der Waals surface area contributed by atoms with Gasteiger partial charge in [-0.05, 0) is 36.6 Å². The van der Waals surface area contributed by atoms with E-state index in [1.54, 1.807) is 0 Å². The zero-order chi connectivity index (χ0) is 13.4. The number of hydrogen-bond acceptors (Lipinski definition) is 0. The maximum absolute atomic E-state index is 2.86. The van der Waals surface area contributed by atoms with Crippen molar-refractivity contribution in [1.29, 1.82) is 0 Å². The van der Waals surface area contributed by atoms with E-state index < -0.39 is 0 Å². The van der Waals surface area contributed by atoms with Crippen LogP contribution in [0.3, 0.4) is 0 Å². The summed E-state index contributed by atoms with van der Waals surface area (Å²) >= 11 is 0. The molecule has 0 saturated heterocycles. The van der Waals surface area contributed by atoms with Crippen LogP contribution in [-0.4, -0.2) is 0 Å². The van der Waals surface area contributed by atoms with Crippen LogP contribution in [0.15, 0.2) is 36.4 Å². The lowest BCUT2D eigenvalue weighted by molar-refractivity contribution is 1.15. The molecule has 0 amide bonds. The van der Waals surface area contributed by atoms with E-state index in [4.69, 9.17) is 0 Å². The highest BCUT2D eigenvalue weighted by atomic mass is 14.0. The van der Waals surface area contributed by atoms with Crippen LogP contribution in [0, 0.1) is 18.8 Å². The van der Waals surface area contributed by atoms with E-state index in [0.29, 0.717) is 0 Å². The van der Waals surface area contributed by atoms with Crippen LogP contribution in [-0.2, 0) is 6.42 Å². The maximum Gasteiger partial charge on any atom is 0.00601 e. The van der Waals surface area contributed by atoms with Crippen LogP contribution in [0.4, 0.5) is 0 Å². The fraction of sp³-hybridized carbons (Fsp3) is 0.333. The van der Waals surface area contributed by atoms with Crippen molar-refractivity contribution in [3.8, 4) is 11.8 Å². The van der Waals surface area contributed by atoms with E-state index in [9.17, 15) is 0 Å². The van der Waals surface area contributed by atoms with Crippen molar-refractivity contribution in [2.75, 3.05) is 0 Å². The number of aryl methyl sites for hydroxylation is 2. The van der Waals surface area contributed by atoms with Gasteiger partial charge in [0.25, 0.3) is 0 Å². The summed E-state index contributed by atoms with van der Waals surface area (Å²) in [6.07, 6.45) is 2.10. The Labute approximate surface area is 111 Å². The normalized spacial score (nSPS) is 9.11. The van der Waals surface area contributed by atoms with Crippen molar-refractivity contribution < 1.29 is 0 Å². The average Bonchev–Trinajstić information content (AvgIpc) is 2.40. The average molecular weight is 238 g/mol. The lowest BCUT2D eigenvalue weighted by Crippen LogP contribution is -1.80. The number of hydrogen-bond donors (Lipinski definition) is 0. The number of rotatable bonds is 1. The Morgan fingerprint density at radius 1 is 0.944 bits per heavy atom. The minimum absolute atomic E-state index is 0.983. The molecule has 2 rings (SSSR count). The van der Waals surface area contributed by atoms with Gasteiger partial charge >= 0.3 is 0 Å². The van der Waals surface area contributed by atoms with Crippen LogP contribution >= 0.6 is 0 Å². The third-order valence-electron chi connectivity index (χ3n) is 2.82. The Kier molecular flexibility index (Phi) is 6.01. The van der Waals surface area contributed by atoms with Crippen LogP contribution < -0.4 is 0 Å². The lowest BCUT2D eigenvalue weighted by Gasteiger charge is -2.01. The topological polar surface area (TPSA) is 0 Å². The molecular formula is C18H22. The summed E-state index contributed by atoms with van der Waals surface area (Å²) in [5.41, 5.74) is 2.74. The van der Waals surface area contributed by atoms with Crippen molar-refractivity contribution in [2.45, 2.75) is 40.5 Å². The van der Waals surface area contributed by atoms with Gasteiger partial charge in [-0.15, -0.1) is 11.8 Å². The van der Waals surface area contributed by atoms with Crippen molar-refractivity contribution in [2.24, 2.45) is 0 Å². The first-order chi connectivity index (χ1) is 8.71. The molecule has 0 aromatic heterocycles. The van der Waals surface area contributed by atoms with E-state index in [1.165, 1.54) is 21.9 Å². The summed E-state index contributed by atoms with van der Waals surface area (Å²) < 4.78 is 0. The smallest absolute Gasteiger partial charge is 0.00601 e. The fourth-order valence-electron chi connectivity index (χ4n) is 1.81. The predicted molar refractivity (Wildman–Crippen MR) is 81.8 cm³/mol. The van der Waals surface area contributed by atoms with Gasteiger partial charge in [0.2, 0.25) is 0 Å². The molecule has 0 bridgehead atoms. The van der Waals surface area contributed by atoms with Crippen molar-refractivity contribution in [1.82, 2.24) is 0 Å². The highest BCUT2D eigenvalue weighted by Gasteiger charge is 1.94. The molecule has 0 spiro atoms. The molecule has 0 saturated carbocycles. The molecule has 0 radical (unpaired) electrons. The Morgan fingerprint density at radius 2 is 1.61 bits per heavy atom. The van der Waals surface area contributed by atoms with Crippen LogP contribution in [0.2, 0.25) is 0 Å². The predicted octanol–water partition coefficient (Wildman–Crippen LogP) is 5.13. The third-order valence-corrected chi connectivity index (χ3v) is 2.82. The summed E-state index contributed by atoms with van der Waals surface area (Å²) in [5, 5.41) is 2.70. The van der Waals surface area contributed by atoms with E-state index in [-0.39, 0.29) is 0 Å². The summed E-state index contributed by atoms with van der Waals surface area (Å²) in [6, 6.07) is 13.3. The maximum atomic E-state index is 2.86. The molecule has 0 aliphatic carbocycles. The van der Waals surface area contributed by atoms with E-state index >= 15 is 0 Å². The van der Waals surface area contributed by atoms with E-state index in [1.807, 2.05) is 13.8 Å². The molecule has 18 heavy (non-hydrogen) atoms. The molecule has 0 fully saturated rings. The van der Waals surface area contributed by atoms with Crippen LogP contribution in [0.5, 0.6) is 0 Å². The molecule has 0 heteroatoms. The first-order valence-corrected chi connectivity index (χ1v) is 6.60. The Hall–Kier alpha value is -1.74. The molecule has 94 valence electrons. The molecule has 0 atom stereocenters. The molecule has 0 aliphatic rings. The number of benzene rings is 2. The van der Waals surface area contributed by atoms with Gasteiger partial charge in [-0.1, -0.05) is 55.8 Å². The van der Waals surface area contributed by atoms with Gasteiger partial charge in [0.05, 0.1) is 0 Å². The molecule has 0 aliphatic heterocycles. The summed E-state index contributed by atoms with van der Waals surface area (Å²) in [7, 11) is 0. The highest BCUT2D eigenvalue weighted by Crippen LogP contribution is 2.17. The van der Waals surface area contributed by atoms with Crippen LogP contribution in [0.25, 0.3) is 10.8 Å². The van der Waals surface area contributed by atoms with Gasteiger partial charge in [0.1, 0.15) is 0 Å². The first-order valence-electron chi connectivity index (χ1n) is 6.60. The quantitative estimate of drug-likeness (QED) is 0.604. The largest absolute Gasteiger partial charge is 0.107 e. The Balaban J connectivity index is 0.000000280. The van der Waals surface area contributed by atoms with E-state index in [0.717, 1.165) is 12.8 Å². The minimum Gasteiger partial charge on any atom is -0.107 e. The fourth-order valence-corrected chi connectivity index (χ4v) is 1.81. The van der Waals surface area contributed by atoms with Crippen LogP contribution in [0.1, 0.15) is 38.3 Å². The summed E-state index contributed by atoms with van der Waals surface area (Å²) in [5.74, 6) is 5.63. The molecule has 0 nitrogen and oxygen atoms in total. The molecular weight excluding hydrogens is 216 g/mol. The second-order valence-corrected chi connectivity index (χ2v) is 4.32. The Morgan fingerprint density at radius 3 is 2.17 bits per heavy atom. The second-order valence-electron chi connectivity index (χ2n) is 4.32. The Bertz CT molecular complexity index is 553. The van der Waals surface area contributed by atoms with Gasteiger partial charge < -0.3 is 0 Å². The second kappa shape index (κ2) is 7.56. The van der Waals surface area contributed by atoms with Gasteiger partial charge in [0.15, 0.2) is 0 Å². The van der Waals surface area contributed by atoms with Crippen molar-refractivity contribution >= 4 is 10.8 Å². The lowest BCUT2D eigenvalue weighted by atomic mass is 10.0. The summed E-state index contributed by atoms with van der Waals surface area (Å²) in [4.78, 5) is 0. The minimum atomic E-state index is 0.983. The summed E-state index contributed by atoms with van der Waals surface area (Å²) in [6.45, 7) is 8.21. The molecule has 0 N–H and O–H groups in total. The zero-order valence-electron chi connectivity index (χ0n) is 11.9. The van der Waals surface area contributed by atoms with Gasteiger partial charge in [-0.2, -0.15) is 0 Å². The number of fused-ring (bicyclic) bond motifs is 1. The monoisotopic (exact) mass is 238 g/mol. The van der Waals surface area contributed by atoms with Gasteiger partial charge in [-0.25, -0.2) is 0 Å². The van der Waals surface area contributed by atoms with E-state index in [2.05, 4.69) is 62.1 Å². The first kappa shape index (κ1) is 14.3. The standard InChI is InChI=1S/C13H14.C5H8/c1-3-11-5-7-12-8-10(2)4-6-13(12)9-11;1-3-5-4-2/h4-9H,3H2,1-2H3;3H2,1-2H3. The molecule has 0 unspecified atom stereocenters.